The Morgan fingerprint density at radius 2 is 2.26 bits per heavy atom. The minimum Gasteiger partial charge on any atom is -0.496 e. The van der Waals surface area contributed by atoms with Crippen LogP contribution >= 0.6 is 11.6 Å². The molecule has 0 aliphatic rings. The first kappa shape index (κ1) is 13.8. The Morgan fingerprint density at radius 3 is 3.00 bits per heavy atom. The highest BCUT2D eigenvalue weighted by atomic mass is 35.5. The molecule has 2 aromatic rings. The number of ether oxygens (including phenoxy) is 1. The third kappa shape index (κ3) is 3.68. The van der Waals surface area contributed by atoms with Crippen molar-refractivity contribution in [2.45, 2.75) is 19.4 Å². The van der Waals surface area contributed by atoms with E-state index in [1.807, 2.05) is 18.3 Å². The van der Waals surface area contributed by atoms with Crippen molar-refractivity contribution in [2.24, 2.45) is 0 Å². The third-order valence-electron chi connectivity index (χ3n) is 2.75. The maximum atomic E-state index is 8.78. The van der Waals surface area contributed by atoms with E-state index in [1.54, 1.807) is 17.9 Å². The molecule has 0 spiro atoms. The summed E-state index contributed by atoms with van der Waals surface area (Å²) in [6, 6.07) is 5.48. The molecule has 5 nitrogen and oxygen atoms in total. The summed E-state index contributed by atoms with van der Waals surface area (Å²) in [5.41, 5.74) is 1.82. The van der Waals surface area contributed by atoms with Gasteiger partial charge in [-0.3, -0.25) is 0 Å². The standard InChI is InChI=1S/C13H16ClN3O2/c1-19-13-5-4-11(14)7-10(13)8-17-9-12(15-16-17)3-2-6-18/h4-5,7,9,18H,2-3,6,8H2,1H3. The molecule has 1 aromatic heterocycles. The van der Waals surface area contributed by atoms with Crippen LogP contribution < -0.4 is 4.74 Å². The van der Waals surface area contributed by atoms with Gasteiger partial charge in [0.2, 0.25) is 0 Å². The van der Waals surface area contributed by atoms with Crippen molar-refractivity contribution in [3.8, 4) is 5.75 Å². The number of halogens is 1. The first-order chi connectivity index (χ1) is 9.22. The van der Waals surface area contributed by atoms with Crippen molar-refractivity contribution in [1.29, 1.82) is 0 Å². The topological polar surface area (TPSA) is 60.2 Å². The zero-order chi connectivity index (χ0) is 13.7. The monoisotopic (exact) mass is 281 g/mol. The van der Waals surface area contributed by atoms with E-state index in [2.05, 4.69) is 10.3 Å². The molecular weight excluding hydrogens is 266 g/mol. The summed E-state index contributed by atoms with van der Waals surface area (Å²) in [7, 11) is 1.63. The second kappa shape index (κ2) is 6.54. The maximum Gasteiger partial charge on any atom is 0.124 e. The predicted octanol–water partition coefficient (Wildman–Crippen LogP) is 1.91. The van der Waals surface area contributed by atoms with E-state index in [9.17, 15) is 0 Å². The van der Waals surface area contributed by atoms with Gasteiger partial charge in [0.1, 0.15) is 5.75 Å². The normalized spacial score (nSPS) is 10.7. The molecule has 102 valence electrons. The van der Waals surface area contributed by atoms with Crippen LogP contribution in [0.4, 0.5) is 0 Å². The quantitative estimate of drug-likeness (QED) is 0.879. The summed E-state index contributed by atoms with van der Waals surface area (Å²) in [6.07, 6.45) is 3.29. The molecule has 0 unspecified atom stereocenters. The SMILES string of the molecule is COc1ccc(Cl)cc1Cn1cc(CCCO)nn1. The number of aliphatic hydroxyl groups excluding tert-OH is 1. The lowest BCUT2D eigenvalue weighted by Crippen LogP contribution is -2.02. The molecule has 0 amide bonds. The first-order valence-corrected chi connectivity index (χ1v) is 6.43. The van der Waals surface area contributed by atoms with E-state index >= 15 is 0 Å². The summed E-state index contributed by atoms with van der Waals surface area (Å²) in [4.78, 5) is 0. The van der Waals surface area contributed by atoms with Gasteiger partial charge < -0.3 is 9.84 Å². The van der Waals surface area contributed by atoms with Gasteiger partial charge in [0.05, 0.1) is 19.3 Å². The molecule has 0 aliphatic carbocycles. The van der Waals surface area contributed by atoms with Crippen LogP contribution in [0.15, 0.2) is 24.4 Å². The predicted molar refractivity (Wildman–Crippen MR) is 72.5 cm³/mol. The molecule has 0 radical (unpaired) electrons. The van der Waals surface area contributed by atoms with Gasteiger partial charge in [-0.05, 0) is 31.0 Å². The van der Waals surface area contributed by atoms with E-state index in [0.29, 0.717) is 18.0 Å². The molecule has 6 heteroatoms. The van der Waals surface area contributed by atoms with Crippen LogP contribution in [0, 0.1) is 0 Å². The largest absolute Gasteiger partial charge is 0.496 e. The van der Waals surface area contributed by atoms with Gasteiger partial charge in [0, 0.05) is 23.4 Å². The zero-order valence-electron chi connectivity index (χ0n) is 10.7. The summed E-state index contributed by atoms with van der Waals surface area (Å²) >= 11 is 5.99. The van der Waals surface area contributed by atoms with Crippen molar-refractivity contribution >= 4 is 11.6 Å². The Hall–Kier alpha value is -1.59. The van der Waals surface area contributed by atoms with E-state index in [-0.39, 0.29) is 6.61 Å². The fourth-order valence-electron chi connectivity index (χ4n) is 1.84. The van der Waals surface area contributed by atoms with Gasteiger partial charge in [-0.25, -0.2) is 4.68 Å². The smallest absolute Gasteiger partial charge is 0.124 e. The molecule has 1 N–H and O–H groups in total. The number of aryl methyl sites for hydroxylation is 1. The molecule has 0 bridgehead atoms. The Morgan fingerprint density at radius 1 is 1.42 bits per heavy atom. The fourth-order valence-corrected chi connectivity index (χ4v) is 2.03. The van der Waals surface area contributed by atoms with Crippen molar-refractivity contribution in [3.05, 3.63) is 40.7 Å². The van der Waals surface area contributed by atoms with Gasteiger partial charge in [-0.15, -0.1) is 5.10 Å². The average molecular weight is 282 g/mol. The number of rotatable bonds is 6. The van der Waals surface area contributed by atoms with Crippen molar-refractivity contribution < 1.29 is 9.84 Å². The van der Waals surface area contributed by atoms with Gasteiger partial charge in [0.25, 0.3) is 0 Å². The fraction of sp³-hybridized carbons (Fsp3) is 0.385. The van der Waals surface area contributed by atoms with Crippen molar-refractivity contribution in [1.82, 2.24) is 15.0 Å². The van der Waals surface area contributed by atoms with Crippen LogP contribution in [-0.2, 0) is 13.0 Å². The molecule has 0 aliphatic heterocycles. The molecule has 2 rings (SSSR count). The molecule has 0 atom stereocenters. The van der Waals surface area contributed by atoms with Crippen molar-refractivity contribution in [3.63, 3.8) is 0 Å². The van der Waals surface area contributed by atoms with Gasteiger partial charge in [-0.1, -0.05) is 16.8 Å². The minimum atomic E-state index is 0.162. The number of aromatic nitrogens is 3. The number of hydrogen-bond donors (Lipinski definition) is 1. The number of aliphatic hydroxyl groups is 1. The Kier molecular flexibility index (Phi) is 4.76. The highest BCUT2D eigenvalue weighted by Crippen LogP contribution is 2.23. The van der Waals surface area contributed by atoms with Crippen LogP contribution in [0.2, 0.25) is 5.02 Å². The number of nitrogens with zero attached hydrogens (tertiary/aromatic N) is 3. The molecule has 1 heterocycles. The van der Waals surface area contributed by atoms with Crippen LogP contribution in [-0.4, -0.2) is 33.8 Å². The second-order valence-corrected chi connectivity index (χ2v) is 4.63. The summed E-state index contributed by atoms with van der Waals surface area (Å²) in [5, 5.41) is 17.6. The summed E-state index contributed by atoms with van der Waals surface area (Å²) in [5.74, 6) is 0.775. The average Bonchev–Trinajstić information content (AvgIpc) is 2.84. The lowest BCUT2D eigenvalue weighted by Gasteiger charge is -2.08. The Balaban J connectivity index is 2.12. The third-order valence-corrected chi connectivity index (χ3v) is 2.99. The number of methoxy groups -OCH3 is 1. The maximum absolute atomic E-state index is 8.78. The van der Waals surface area contributed by atoms with Crippen LogP contribution in [0.3, 0.4) is 0 Å². The minimum absolute atomic E-state index is 0.162. The second-order valence-electron chi connectivity index (χ2n) is 4.19. The Labute approximate surface area is 116 Å². The number of hydrogen-bond acceptors (Lipinski definition) is 4. The van der Waals surface area contributed by atoms with Crippen LogP contribution in [0.1, 0.15) is 17.7 Å². The highest BCUT2D eigenvalue weighted by molar-refractivity contribution is 6.30. The first-order valence-electron chi connectivity index (χ1n) is 6.05. The summed E-state index contributed by atoms with van der Waals surface area (Å²) in [6.45, 7) is 0.713. The van der Waals surface area contributed by atoms with Crippen molar-refractivity contribution in [2.75, 3.05) is 13.7 Å². The van der Waals surface area contributed by atoms with E-state index in [4.69, 9.17) is 21.4 Å². The molecule has 0 saturated heterocycles. The molecule has 19 heavy (non-hydrogen) atoms. The zero-order valence-corrected chi connectivity index (χ0v) is 11.5. The lowest BCUT2D eigenvalue weighted by atomic mass is 10.2. The molecule has 0 saturated carbocycles. The van der Waals surface area contributed by atoms with Gasteiger partial charge >= 0.3 is 0 Å². The number of benzene rings is 1. The van der Waals surface area contributed by atoms with Crippen LogP contribution in [0.25, 0.3) is 0 Å². The van der Waals surface area contributed by atoms with Gasteiger partial charge in [-0.2, -0.15) is 0 Å². The van der Waals surface area contributed by atoms with Crippen LogP contribution in [0.5, 0.6) is 5.75 Å². The molecular formula is C13H16ClN3O2. The summed E-state index contributed by atoms with van der Waals surface area (Å²) < 4.78 is 7.03. The van der Waals surface area contributed by atoms with E-state index in [1.165, 1.54) is 0 Å². The molecule has 1 aromatic carbocycles. The highest BCUT2D eigenvalue weighted by Gasteiger charge is 2.07. The van der Waals surface area contributed by atoms with E-state index < -0.39 is 0 Å². The molecule has 0 fully saturated rings. The van der Waals surface area contributed by atoms with Gasteiger partial charge in [0.15, 0.2) is 0 Å². The van der Waals surface area contributed by atoms with E-state index in [0.717, 1.165) is 23.4 Å². The lowest BCUT2D eigenvalue weighted by molar-refractivity contribution is 0.288. The Bertz CT molecular complexity index is 542.